The van der Waals surface area contributed by atoms with E-state index in [9.17, 15) is 0 Å². The molecule has 4 heteroatoms. The Labute approximate surface area is 123 Å². The molecule has 1 aromatic rings. The van der Waals surface area contributed by atoms with Crippen LogP contribution in [0.1, 0.15) is 25.7 Å². The summed E-state index contributed by atoms with van der Waals surface area (Å²) in [7, 11) is 0. The zero-order valence-electron chi connectivity index (χ0n) is 11.3. The third-order valence-corrected chi connectivity index (χ3v) is 4.98. The fourth-order valence-electron chi connectivity index (χ4n) is 3.39. The van der Waals surface area contributed by atoms with E-state index in [1.165, 1.54) is 44.5 Å². The van der Waals surface area contributed by atoms with E-state index in [4.69, 9.17) is 5.73 Å². The molecule has 0 radical (unpaired) electrons. The minimum Gasteiger partial charge on any atom is -0.397 e. The van der Waals surface area contributed by atoms with Crippen LogP contribution in [0.5, 0.6) is 0 Å². The highest BCUT2D eigenvalue weighted by Gasteiger charge is 2.26. The summed E-state index contributed by atoms with van der Waals surface area (Å²) in [6, 6.07) is 6.98. The van der Waals surface area contributed by atoms with Gasteiger partial charge in [0.15, 0.2) is 0 Å². The van der Waals surface area contributed by atoms with E-state index in [-0.39, 0.29) is 0 Å². The topological polar surface area (TPSA) is 32.5 Å². The molecule has 2 aliphatic rings. The molecule has 0 amide bonds. The summed E-state index contributed by atoms with van der Waals surface area (Å²) in [6.07, 6.45) is 5.64. The number of nitrogen functional groups attached to an aromatic ring is 1. The molecule has 0 unspecified atom stereocenters. The van der Waals surface area contributed by atoms with Gasteiger partial charge in [0, 0.05) is 36.7 Å². The molecule has 3 rings (SSSR count). The van der Waals surface area contributed by atoms with Crippen molar-refractivity contribution in [3.63, 3.8) is 0 Å². The molecule has 1 aromatic carbocycles. The highest BCUT2D eigenvalue weighted by Crippen LogP contribution is 2.30. The maximum absolute atomic E-state index is 6.10. The second kappa shape index (κ2) is 5.71. The van der Waals surface area contributed by atoms with Gasteiger partial charge in [-0.1, -0.05) is 28.8 Å². The van der Waals surface area contributed by atoms with Crippen LogP contribution in [0.4, 0.5) is 11.4 Å². The molecule has 0 aromatic heterocycles. The van der Waals surface area contributed by atoms with Gasteiger partial charge in [-0.25, -0.2) is 0 Å². The van der Waals surface area contributed by atoms with Crippen molar-refractivity contribution in [2.75, 3.05) is 36.8 Å². The van der Waals surface area contributed by atoms with Gasteiger partial charge in [0.1, 0.15) is 0 Å². The lowest BCUT2D eigenvalue weighted by Crippen LogP contribution is -2.49. The Morgan fingerprint density at radius 3 is 2.42 bits per heavy atom. The fourth-order valence-corrected chi connectivity index (χ4v) is 3.74. The highest BCUT2D eigenvalue weighted by molar-refractivity contribution is 9.10. The summed E-state index contributed by atoms with van der Waals surface area (Å²) in [5.41, 5.74) is 8.17. The molecule has 0 bridgehead atoms. The largest absolute Gasteiger partial charge is 0.397 e. The van der Waals surface area contributed by atoms with Gasteiger partial charge in [-0.15, -0.1) is 0 Å². The number of anilines is 2. The van der Waals surface area contributed by atoms with Crippen molar-refractivity contribution < 1.29 is 0 Å². The first-order valence-electron chi connectivity index (χ1n) is 7.28. The third-order valence-electron chi connectivity index (χ3n) is 4.49. The summed E-state index contributed by atoms with van der Waals surface area (Å²) in [5, 5.41) is 0. The van der Waals surface area contributed by atoms with Gasteiger partial charge < -0.3 is 10.6 Å². The molecule has 1 heterocycles. The number of rotatable bonds is 2. The molecule has 2 N–H and O–H groups in total. The number of nitrogens with two attached hydrogens (primary N) is 1. The predicted octanol–water partition coefficient (Wildman–Crippen LogP) is 3.10. The van der Waals surface area contributed by atoms with Crippen LogP contribution in [-0.2, 0) is 0 Å². The van der Waals surface area contributed by atoms with E-state index in [2.05, 4.69) is 31.8 Å². The first-order chi connectivity index (χ1) is 9.24. The van der Waals surface area contributed by atoms with E-state index >= 15 is 0 Å². The second-order valence-electron chi connectivity index (χ2n) is 5.66. The van der Waals surface area contributed by atoms with E-state index in [1.54, 1.807) is 0 Å². The normalized spacial score (nSPS) is 22.1. The number of nitrogens with zero attached hydrogens (tertiary/aromatic N) is 2. The second-order valence-corrected chi connectivity index (χ2v) is 6.58. The molecule has 19 heavy (non-hydrogen) atoms. The standard InChI is InChI=1S/C15H22BrN3/c16-12-5-6-14(17)15(11-12)19-9-7-18(8-10-19)13-3-1-2-4-13/h5-6,11,13H,1-4,7-10,17H2. The summed E-state index contributed by atoms with van der Waals surface area (Å²) in [4.78, 5) is 5.10. The van der Waals surface area contributed by atoms with E-state index in [0.29, 0.717) is 0 Å². The van der Waals surface area contributed by atoms with E-state index in [0.717, 1.165) is 29.3 Å². The van der Waals surface area contributed by atoms with Crippen LogP contribution in [0.25, 0.3) is 0 Å². The number of benzene rings is 1. The Morgan fingerprint density at radius 1 is 1.05 bits per heavy atom. The molecular weight excluding hydrogens is 302 g/mol. The van der Waals surface area contributed by atoms with E-state index in [1.807, 2.05) is 12.1 Å². The van der Waals surface area contributed by atoms with Crippen LogP contribution in [0.15, 0.2) is 22.7 Å². The summed E-state index contributed by atoms with van der Waals surface area (Å²) >= 11 is 3.54. The van der Waals surface area contributed by atoms with Gasteiger partial charge in [-0.05, 0) is 31.0 Å². The van der Waals surface area contributed by atoms with Gasteiger partial charge in [0.05, 0.1) is 11.4 Å². The molecule has 0 atom stereocenters. The Kier molecular flexibility index (Phi) is 3.99. The van der Waals surface area contributed by atoms with Gasteiger partial charge in [-0.2, -0.15) is 0 Å². The molecule has 0 spiro atoms. The summed E-state index contributed by atoms with van der Waals surface area (Å²) < 4.78 is 1.11. The summed E-state index contributed by atoms with van der Waals surface area (Å²) in [6.45, 7) is 4.54. The van der Waals surface area contributed by atoms with Gasteiger partial charge in [-0.3, -0.25) is 4.90 Å². The number of piperazine rings is 1. The van der Waals surface area contributed by atoms with Crippen molar-refractivity contribution in [1.82, 2.24) is 4.90 Å². The van der Waals surface area contributed by atoms with Crippen LogP contribution in [-0.4, -0.2) is 37.1 Å². The van der Waals surface area contributed by atoms with Gasteiger partial charge in [0.2, 0.25) is 0 Å². The average molecular weight is 324 g/mol. The molecule has 104 valence electrons. The minimum absolute atomic E-state index is 0.849. The average Bonchev–Trinajstić information content (AvgIpc) is 2.96. The smallest absolute Gasteiger partial charge is 0.0612 e. The maximum atomic E-state index is 6.10. The van der Waals surface area contributed by atoms with Crippen molar-refractivity contribution in [3.05, 3.63) is 22.7 Å². The Morgan fingerprint density at radius 2 is 1.74 bits per heavy atom. The molecular formula is C15H22BrN3. The third kappa shape index (κ3) is 2.90. The number of hydrogen-bond donors (Lipinski definition) is 1. The molecule has 1 saturated heterocycles. The van der Waals surface area contributed by atoms with Crippen LogP contribution in [0.3, 0.4) is 0 Å². The van der Waals surface area contributed by atoms with Crippen LogP contribution in [0, 0.1) is 0 Å². The molecule has 1 aliphatic carbocycles. The zero-order chi connectivity index (χ0) is 13.2. The Bertz CT molecular complexity index is 435. The zero-order valence-corrected chi connectivity index (χ0v) is 12.9. The van der Waals surface area contributed by atoms with Crippen molar-refractivity contribution >= 4 is 27.3 Å². The lowest BCUT2D eigenvalue weighted by molar-refractivity contribution is 0.187. The monoisotopic (exact) mass is 323 g/mol. The Hall–Kier alpha value is -0.740. The van der Waals surface area contributed by atoms with Crippen molar-refractivity contribution in [3.8, 4) is 0 Å². The lowest BCUT2D eigenvalue weighted by Gasteiger charge is -2.39. The van der Waals surface area contributed by atoms with Crippen molar-refractivity contribution in [2.24, 2.45) is 0 Å². The molecule has 1 aliphatic heterocycles. The first kappa shape index (κ1) is 13.3. The Balaban J connectivity index is 1.64. The van der Waals surface area contributed by atoms with Crippen molar-refractivity contribution in [2.45, 2.75) is 31.7 Å². The molecule has 2 fully saturated rings. The SMILES string of the molecule is Nc1ccc(Br)cc1N1CCN(C2CCCC2)CC1. The van der Waals surface area contributed by atoms with Gasteiger partial charge in [0.25, 0.3) is 0 Å². The fraction of sp³-hybridized carbons (Fsp3) is 0.600. The first-order valence-corrected chi connectivity index (χ1v) is 8.07. The molecule has 3 nitrogen and oxygen atoms in total. The minimum atomic E-state index is 0.849. The molecule has 1 saturated carbocycles. The number of hydrogen-bond acceptors (Lipinski definition) is 3. The van der Waals surface area contributed by atoms with Gasteiger partial charge >= 0.3 is 0 Å². The maximum Gasteiger partial charge on any atom is 0.0612 e. The van der Waals surface area contributed by atoms with E-state index < -0.39 is 0 Å². The quantitative estimate of drug-likeness (QED) is 0.849. The highest BCUT2D eigenvalue weighted by atomic mass is 79.9. The van der Waals surface area contributed by atoms with Crippen molar-refractivity contribution in [1.29, 1.82) is 0 Å². The lowest BCUT2D eigenvalue weighted by atomic mass is 10.1. The summed E-state index contributed by atoms with van der Waals surface area (Å²) in [5.74, 6) is 0. The number of halogens is 1. The van der Waals surface area contributed by atoms with Crippen LogP contribution in [0.2, 0.25) is 0 Å². The van der Waals surface area contributed by atoms with Crippen LogP contribution >= 0.6 is 15.9 Å². The predicted molar refractivity (Wildman–Crippen MR) is 84.6 cm³/mol. The van der Waals surface area contributed by atoms with Crippen LogP contribution < -0.4 is 10.6 Å².